The summed E-state index contributed by atoms with van der Waals surface area (Å²) in [5, 5.41) is 9.32. The minimum absolute atomic E-state index is 0.282. The summed E-state index contributed by atoms with van der Waals surface area (Å²) in [6.07, 6.45) is -0.500. The number of hydrogen-bond acceptors (Lipinski definition) is 3. The standard InChI is InChI=1S/C11H17NOS/c1-3-14-10-6-4-9(5-7-10)11(12)8(2)13/h4-8,11,13H,3,12H2,1-2H3/t8-,11+/m1/s1. The number of hydrogen-bond donors (Lipinski definition) is 2. The molecule has 2 atom stereocenters. The van der Waals surface area contributed by atoms with Gasteiger partial charge in [-0.05, 0) is 30.4 Å². The number of benzene rings is 1. The molecule has 0 heterocycles. The summed E-state index contributed by atoms with van der Waals surface area (Å²) >= 11 is 1.80. The van der Waals surface area contributed by atoms with Crippen molar-refractivity contribution in [2.75, 3.05) is 5.75 Å². The molecule has 0 radical (unpaired) electrons. The largest absolute Gasteiger partial charge is 0.391 e. The minimum atomic E-state index is -0.500. The van der Waals surface area contributed by atoms with Gasteiger partial charge in [0, 0.05) is 4.90 Å². The quantitative estimate of drug-likeness (QED) is 0.750. The van der Waals surface area contributed by atoms with Crippen molar-refractivity contribution < 1.29 is 5.11 Å². The van der Waals surface area contributed by atoms with E-state index in [9.17, 15) is 5.11 Å². The number of nitrogens with two attached hydrogens (primary N) is 1. The maximum absolute atomic E-state index is 9.32. The molecule has 0 bridgehead atoms. The van der Waals surface area contributed by atoms with Gasteiger partial charge in [0.15, 0.2) is 0 Å². The van der Waals surface area contributed by atoms with E-state index < -0.39 is 6.10 Å². The summed E-state index contributed by atoms with van der Waals surface area (Å²) in [7, 11) is 0. The van der Waals surface area contributed by atoms with Gasteiger partial charge in [-0.15, -0.1) is 11.8 Å². The van der Waals surface area contributed by atoms with Crippen LogP contribution in [0.2, 0.25) is 0 Å². The van der Waals surface area contributed by atoms with Crippen LogP contribution in [0.5, 0.6) is 0 Å². The third-order valence-electron chi connectivity index (χ3n) is 2.10. The van der Waals surface area contributed by atoms with E-state index in [0.29, 0.717) is 0 Å². The zero-order valence-corrected chi connectivity index (χ0v) is 9.42. The fourth-order valence-corrected chi connectivity index (χ4v) is 1.89. The van der Waals surface area contributed by atoms with Gasteiger partial charge in [0.2, 0.25) is 0 Å². The smallest absolute Gasteiger partial charge is 0.0704 e. The minimum Gasteiger partial charge on any atom is -0.391 e. The van der Waals surface area contributed by atoms with Gasteiger partial charge in [-0.1, -0.05) is 19.1 Å². The van der Waals surface area contributed by atoms with E-state index in [2.05, 4.69) is 6.92 Å². The van der Waals surface area contributed by atoms with Crippen molar-refractivity contribution in [2.24, 2.45) is 5.73 Å². The molecule has 0 amide bonds. The summed E-state index contributed by atoms with van der Waals surface area (Å²) in [6, 6.07) is 7.78. The number of aliphatic hydroxyl groups excluding tert-OH is 1. The lowest BCUT2D eigenvalue weighted by Gasteiger charge is -2.15. The Labute approximate surface area is 89.5 Å². The second-order valence-electron chi connectivity index (χ2n) is 3.27. The predicted octanol–water partition coefficient (Wildman–Crippen LogP) is 2.18. The van der Waals surface area contributed by atoms with Crippen LogP contribution in [0.4, 0.5) is 0 Å². The van der Waals surface area contributed by atoms with E-state index >= 15 is 0 Å². The molecule has 1 aromatic carbocycles. The number of aliphatic hydroxyl groups is 1. The Hall–Kier alpha value is -0.510. The van der Waals surface area contributed by atoms with Crippen LogP contribution in [0.1, 0.15) is 25.5 Å². The Morgan fingerprint density at radius 1 is 1.36 bits per heavy atom. The molecule has 0 fully saturated rings. The molecule has 3 N–H and O–H groups in total. The van der Waals surface area contributed by atoms with Crippen LogP contribution in [0, 0.1) is 0 Å². The number of thioether (sulfide) groups is 1. The van der Waals surface area contributed by atoms with Crippen molar-refractivity contribution in [1.29, 1.82) is 0 Å². The Kier molecular flexibility index (Phi) is 4.45. The van der Waals surface area contributed by atoms with Crippen LogP contribution in [-0.4, -0.2) is 17.0 Å². The van der Waals surface area contributed by atoms with Crippen LogP contribution >= 0.6 is 11.8 Å². The van der Waals surface area contributed by atoms with E-state index in [1.54, 1.807) is 18.7 Å². The fourth-order valence-electron chi connectivity index (χ4n) is 1.23. The van der Waals surface area contributed by atoms with Crippen molar-refractivity contribution in [3.63, 3.8) is 0 Å². The summed E-state index contributed by atoms with van der Waals surface area (Å²) in [5.74, 6) is 1.07. The molecule has 0 aromatic heterocycles. The highest BCUT2D eigenvalue weighted by atomic mass is 32.2. The molecule has 14 heavy (non-hydrogen) atoms. The SMILES string of the molecule is CCSc1ccc([C@@H](N)[C@@H](C)O)cc1. The molecule has 0 spiro atoms. The van der Waals surface area contributed by atoms with Crippen LogP contribution in [0.25, 0.3) is 0 Å². The molecule has 0 aliphatic heterocycles. The van der Waals surface area contributed by atoms with Crippen molar-refractivity contribution in [1.82, 2.24) is 0 Å². The molecular weight excluding hydrogens is 194 g/mol. The molecule has 0 saturated carbocycles. The molecule has 78 valence electrons. The molecule has 1 aromatic rings. The van der Waals surface area contributed by atoms with Gasteiger partial charge in [0.05, 0.1) is 12.1 Å². The molecule has 0 saturated heterocycles. The van der Waals surface area contributed by atoms with Crippen LogP contribution in [0.15, 0.2) is 29.2 Å². The Morgan fingerprint density at radius 3 is 2.36 bits per heavy atom. The summed E-state index contributed by atoms with van der Waals surface area (Å²) in [6.45, 7) is 3.83. The van der Waals surface area contributed by atoms with Crippen molar-refractivity contribution in [3.05, 3.63) is 29.8 Å². The first-order valence-electron chi connectivity index (χ1n) is 4.81. The van der Waals surface area contributed by atoms with Gasteiger partial charge < -0.3 is 10.8 Å². The van der Waals surface area contributed by atoms with Gasteiger partial charge in [0.1, 0.15) is 0 Å². The van der Waals surface area contributed by atoms with Crippen molar-refractivity contribution in [3.8, 4) is 0 Å². The van der Waals surface area contributed by atoms with Gasteiger partial charge in [0.25, 0.3) is 0 Å². The molecular formula is C11H17NOS. The highest BCUT2D eigenvalue weighted by Gasteiger charge is 2.11. The van der Waals surface area contributed by atoms with Crippen molar-refractivity contribution >= 4 is 11.8 Å². The lowest BCUT2D eigenvalue weighted by molar-refractivity contribution is 0.164. The highest BCUT2D eigenvalue weighted by molar-refractivity contribution is 7.99. The third kappa shape index (κ3) is 3.01. The third-order valence-corrected chi connectivity index (χ3v) is 2.99. The molecule has 0 unspecified atom stereocenters. The zero-order valence-electron chi connectivity index (χ0n) is 8.60. The number of rotatable bonds is 4. The highest BCUT2D eigenvalue weighted by Crippen LogP contribution is 2.21. The van der Waals surface area contributed by atoms with Gasteiger partial charge in [-0.25, -0.2) is 0 Å². The lowest BCUT2D eigenvalue weighted by atomic mass is 10.0. The van der Waals surface area contributed by atoms with E-state index in [0.717, 1.165) is 11.3 Å². The van der Waals surface area contributed by atoms with Gasteiger partial charge in [-0.3, -0.25) is 0 Å². The first-order chi connectivity index (χ1) is 6.65. The van der Waals surface area contributed by atoms with E-state index in [4.69, 9.17) is 5.73 Å². The molecule has 0 aliphatic rings. The van der Waals surface area contributed by atoms with Crippen LogP contribution in [-0.2, 0) is 0 Å². The fraction of sp³-hybridized carbons (Fsp3) is 0.455. The zero-order chi connectivity index (χ0) is 10.6. The Morgan fingerprint density at radius 2 is 1.93 bits per heavy atom. The molecule has 3 heteroatoms. The van der Waals surface area contributed by atoms with Crippen molar-refractivity contribution in [2.45, 2.75) is 30.9 Å². The van der Waals surface area contributed by atoms with E-state index in [1.807, 2.05) is 24.3 Å². The van der Waals surface area contributed by atoms with Gasteiger partial charge in [-0.2, -0.15) is 0 Å². The summed E-state index contributed by atoms with van der Waals surface area (Å²) < 4.78 is 0. The van der Waals surface area contributed by atoms with Crippen LogP contribution < -0.4 is 5.73 Å². The summed E-state index contributed by atoms with van der Waals surface area (Å²) in [4.78, 5) is 1.24. The maximum atomic E-state index is 9.32. The second kappa shape index (κ2) is 5.39. The molecule has 0 aliphatic carbocycles. The first-order valence-corrected chi connectivity index (χ1v) is 5.80. The van der Waals surface area contributed by atoms with Gasteiger partial charge >= 0.3 is 0 Å². The summed E-state index contributed by atoms with van der Waals surface area (Å²) in [5.41, 5.74) is 6.79. The topological polar surface area (TPSA) is 46.2 Å². The Bertz CT molecular complexity index is 271. The predicted molar refractivity (Wildman–Crippen MR) is 61.4 cm³/mol. The second-order valence-corrected chi connectivity index (χ2v) is 4.61. The Balaban J connectivity index is 2.72. The first kappa shape index (κ1) is 11.6. The monoisotopic (exact) mass is 211 g/mol. The normalized spacial score (nSPS) is 15.1. The average Bonchev–Trinajstić information content (AvgIpc) is 2.18. The molecule has 1 rings (SSSR count). The molecule has 2 nitrogen and oxygen atoms in total. The average molecular weight is 211 g/mol. The van der Waals surface area contributed by atoms with Crippen LogP contribution in [0.3, 0.4) is 0 Å². The maximum Gasteiger partial charge on any atom is 0.0704 e. The van der Waals surface area contributed by atoms with E-state index in [-0.39, 0.29) is 6.04 Å². The van der Waals surface area contributed by atoms with E-state index in [1.165, 1.54) is 4.90 Å². The lowest BCUT2D eigenvalue weighted by Crippen LogP contribution is -2.22.